The van der Waals surface area contributed by atoms with E-state index in [-0.39, 0.29) is 5.76 Å². The number of fused-ring (bicyclic) bond motifs is 1. The highest BCUT2D eigenvalue weighted by Gasteiger charge is 2.17. The number of hydrogen-bond donors (Lipinski definition) is 1. The third-order valence-electron chi connectivity index (χ3n) is 2.58. The zero-order valence-electron chi connectivity index (χ0n) is 9.24. The summed E-state index contributed by atoms with van der Waals surface area (Å²) in [5.74, 6) is 0.441. The number of furan rings is 1. The molecular weight excluding hydrogens is 206 g/mol. The summed E-state index contributed by atoms with van der Waals surface area (Å²) < 4.78 is 10.6. The molecule has 0 spiro atoms. The van der Waals surface area contributed by atoms with Crippen LogP contribution in [0.3, 0.4) is 0 Å². The van der Waals surface area contributed by atoms with Crippen LogP contribution < -0.4 is 10.5 Å². The zero-order chi connectivity index (χ0) is 11.7. The molecule has 0 saturated heterocycles. The number of carbonyl (C=O) groups excluding carboxylic acids is 1. The summed E-state index contributed by atoms with van der Waals surface area (Å²) in [4.78, 5) is 11.2. The van der Waals surface area contributed by atoms with Crippen molar-refractivity contribution in [3.8, 4) is 5.75 Å². The minimum atomic E-state index is -0.535. The van der Waals surface area contributed by atoms with Crippen LogP contribution in [-0.2, 0) is 6.42 Å². The average molecular weight is 219 g/mol. The van der Waals surface area contributed by atoms with Crippen molar-refractivity contribution < 1.29 is 13.9 Å². The van der Waals surface area contributed by atoms with E-state index in [1.54, 1.807) is 19.2 Å². The Morgan fingerprint density at radius 1 is 1.50 bits per heavy atom. The zero-order valence-corrected chi connectivity index (χ0v) is 9.24. The molecule has 2 aromatic rings. The average Bonchev–Trinajstić information content (AvgIpc) is 2.66. The SMILES string of the molecule is CCc1c(C(N)=O)oc2ccc(OC)cc12. The van der Waals surface area contributed by atoms with E-state index in [2.05, 4.69) is 0 Å². The van der Waals surface area contributed by atoms with Gasteiger partial charge in [-0.25, -0.2) is 0 Å². The Balaban J connectivity index is 2.73. The highest BCUT2D eigenvalue weighted by molar-refractivity contribution is 5.98. The van der Waals surface area contributed by atoms with Crippen molar-refractivity contribution in [2.45, 2.75) is 13.3 Å². The molecule has 16 heavy (non-hydrogen) atoms. The Morgan fingerprint density at radius 3 is 2.81 bits per heavy atom. The second kappa shape index (κ2) is 3.89. The molecule has 1 aromatic heterocycles. The number of benzene rings is 1. The summed E-state index contributed by atoms with van der Waals surface area (Å²) >= 11 is 0. The van der Waals surface area contributed by atoms with Gasteiger partial charge in [-0.2, -0.15) is 0 Å². The summed E-state index contributed by atoms with van der Waals surface area (Å²) in [5, 5.41) is 0.885. The lowest BCUT2D eigenvalue weighted by Gasteiger charge is -1.99. The van der Waals surface area contributed by atoms with E-state index >= 15 is 0 Å². The molecule has 2 rings (SSSR count). The summed E-state index contributed by atoms with van der Waals surface area (Å²) in [6.07, 6.45) is 0.693. The van der Waals surface area contributed by atoms with Crippen molar-refractivity contribution in [3.05, 3.63) is 29.5 Å². The van der Waals surface area contributed by atoms with E-state index in [1.807, 2.05) is 13.0 Å². The third-order valence-corrected chi connectivity index (χ3v) is 2.58. The van der Waals surface area contributed by atoms with Gasteiger partial charge in [0.05, 0.1) is 7.11 Å². The Kier molecular flexibility index (Phi) is 2.56. The first-order valence-electron chi connectivity index (χ1n) is 5.06. The minimum Gasteiger partial charge on any atom is -0.497 e. The smallest absolute Gasteiger partial charge is 0.284 e. The standard InChI is InChI=1S/C12H13NO3/c1-3-8-9-6-7(15-2)4-5-10(9)16-11(8)12(13)14/h4-6H,3H2,1-2H3,(H2,13,14). The number of aryl methyl sites for hydroxylation is 1. The second-order valence-electron chi connectivity index (χ2n) is 3.49. The van der Waals surface area contributed by atoms with Crippen molar-refractivity contribution >= 4 is 16.9 Å². The molecule has 1 amide bonds. The van der Waals surface area contributed by atoms with Crippen molar-refractivity contribution in [2.75, 3.05) is 7.11 Å². The van der Waals surface area contributed by atoms with E-state index in [4.69, 9.17) is 14.9 Å². The predicted molar refractivity (Wildman–Crippen MR) is 60.7 cm³/mol. The van der Waals surface area contributed by atoms with Gasteiger partial charge in [-0.1, -0.05) is 6.92 Å². The Labute approximate surface area is 93.0 Å². The number of carbonyl (C=O) groups is 1. The largest absolute Gasteiger partial charge is 0.497 e. The van der Waals surface area contributed by atoms with Gasteiger partial charge in [0.25, 0.3) is 5.91 Å². The second-order valence-corrected chi connectivity index (χ2v) is 3.49. The molecule has 84 valence electrons. The Bertz CT molecular complexity index is 542. The van der Waals surface area contributed by atoms with Gasteiger partial charge in [0, 0.05) is 10.9 Å². The number of primary amides is 1. The molecule has 0 radical (unpaired) electrons. The number of hydrogen-bond acceptors (Lipinski definition) is 3. The first-order valence-corrected chi connectivity index (χ1v) is 5.06. The van der Waals surface area contributed by atoms with Gasteiger partial charge in [0.1, 0.15) is 11.3 Å². The van der Waals surface area contributed by atoms with Crippen molar-refractivity contribution in [1.82, 2.24) is 0 Å². The lowest BCUT2D eigenvalue weighted by molar-refractivity contribution is 0.0975. The summed E-state index contributed by atoms with van der Waals surface area (Å²) in [6.45, 7) is 1.95. The maximum atomic E-state index is 11.2. The topological polar surface area (TPSA) is 65.5 Å². The highest BCUT2D eigenvalue weighted by Crippen LogP contribution is 2.29. The number of nitrogens with two attached hydrogens (primary N) is 1. The van der Waals surface area contributed by atoms with Gasteiger partial charge >= 0.3 is 0 Å². The predicted octanol–water partition coefficient (Wildman–Crippen LogP) is 2.10. The fraction of sp³-hybridized carbons (Fsp3) is 0.250. The minimum absolute atomic E-state index is 0.241. The number of ether oxygens (including phenoxy) is 1. The monoisotopic (exact) mass is 219 g/mol. The fourth-order valence-corrected chi connectivity index (χ4v) is 1.80. The third kappa shape index (κ3) is 1.52. The lowest BCUT2D eigenvalue weighted by atomic mass is 10.1. The Hall–Kier alpha value is -1.97. The van der Waals surface area contributed by atoms with Crippen LogP contribution in [0.5, 0.6) is 5.75 Å². The first kappa shape index (κ1) is 10.5. The first-order chi connectivity index (χ1) is 7.67. The van der Waals surface area contributed by atoms with E-state index in [0.29, 0.717) is 12.0 Å². The van der Waals surface area contributed by atoms with Crippen LogP contribution >= 0.6 is 0 Å². The number of amides is 1. The molecular formula is C12H13NO3. The van der Waals surface area contributed by atoms with Crippen LogP contribution in [0.25, 0.3) is 11.0 Å². The van der Waals surface area contributed by atoms with Crippen LogP contribution in [0.15, 0.2) is 22.6 Å². The highest BCUT2D eigenvalue weighted by atomic mass is 16.5. The summed E-state index contributed by atoms with van der Waals surface area (Å²) in [7, 11) is 1.60. The maximum absolute atomic E-state index is 11.2. The van der Waals surface area contributed by atoms with Gasteiger partial charge in [-0.15, -0.1) is 0 Å². The van der Waals surface area contributed by atoms with E-state index < -0.39 is 5.91 Å². The number of rotatable bonds is 3. The van der Waals surface area contributed by atoms with Gasteiger partial charge in [-0.05, 0) is 24.6 Å². The Morgan fingerprint density at radius 2 is 2.25 bits per heavy atom. The maximum Gasteiger partial charge on any atom is 0.284 e. The van der Waals surface area contributed by atoms with Crippen LogP contribution in [0.1, 0.15) is 23.0 Å². The molecule has 0 bridgehead atoms. The van der Waals surface area contributed by atoms with Gasteiger partial charge < -0.3 is 14.9 Å². The van der Waals surface area contributed by atoms with Crippen LogP contribution in [0.4, 0.5) is 0 Å². The van der Waals surface area contributed by atoms with Crippen LogP contribution in [0, 0.1) is 0 Å². The summed E-state index contributed by atoms with van der Waals surface area (Å²) in [5.41, 5.74) is 6.75. The fourth-order valence-electron chi connectivity index (χ4n) is 1.80. The van der Waals surface area contributed by atoms with Gasteiger partial charge in [-0.3, -0.25) is 4.79 Å². The quantitative estimate of drug-likeness (QED) is 0.859. The lowest BCUT2D eigenvalue weighted by Crippen LogP contribution is -2.11. The van der Waals surface area contributed by atoms with Crippen molar-refractivity contribution in [1.29, 1.82) is 0 Å². The van der Waals surface area contributed by atoms with Crippen molar-refractivity contribution in [2.24, 2.45) is 5.73 Å². The molecule has 4 nitrogen and oxygen atoms in total. The van der Waals surface area contributed by atoms with Crippen LogP contribution in [0.2, 0.25) is 0 Å². The summed E-state index contributed by atoms with van der Waals surface area (Å²) in [6, 6.07) is 5.42. The van der Waals surface area contributed by atoms with Crippen LogP contribution in [-0.4, -0.2) is 13.0 Å². The molecule has 0 fully saturated rings. The van der Waals surface area contributed by atoms with E-state index in [1.165, 1.54) is 0 Å². The van der Waals surface area contributed by atoms with Gasteiger partial charge in [0.15, 0.2) is 5.76 Å². The normalized spacial score (nSPS) is 10.6. The molecule has 0 aliphatic rings. The molecule has 1 heterocycles. The molecule has 1 aromatic carbocycles. The van der Waals surface area contributed by atoms with Gasteiger partial charge in [0.2, 0.25) is 0 Å². The molecule has 4 heteroatoms. The van der Waals surface area contributed by atoms with E-state index in [0.717, 1.165) is 16.7 Å². The van der Waals surface area contributed by atoms with Crippen molar-refractivity contribution in [3.63, 3.8) is 0 Å². The molecule has 0 aliphatic carbocycles. The van der Waals surface area contributed by atoms with E-state index in [9.17, 15) is 4.79 Å². The number of methoxy groups -OCH3 is 1. The molecule has 2 N–H and O–H groups in total. The molecule has 0 atom stereocenters. The molecule has 0 unspecified atom stereocenters. The molecule has 0 saturated carbocycles. The molecule has 0 aliphatic heterocycles.